The SMILES string of the molecule is CCS(=O)(=O)NC1CCNC1Cc1cccc(C#CC2CC2)n1. The van der Waals surface area contributed by atoms with Crippen LogP contribution < -0.4 is 10.0 Å². The summed E-state index contributed by atoms with van der Waals surface area (Å²) in [5.41, 5.74) is 1.76. The van der Waals surface area contributed by atoms with Gasteiger partial charge in [0, 0.05) is 30.1 Å². The topological polar surface area (TPSA) is 71.1 Å². The monoisotopic (exact) mass is 333 g/mol. The van der Waals surface area contributed by atoms with Crippen LogP contribution in [0.15, 0.2) is 18.2 Å². The summed E-state index contributed by atoms with van der Waals surface area (Å²) in [5.74, 6) is 7.03. The summed E-state index contributed by atoms with van der Waals surface area (Å²) < 4.78 is 26.4. The lowest BCUT2D eigenvalue weighted by atomic mass is 10.0. The highest BCUT2D eigenvalue weighted by Crippen LogP contribution is 2.27. The van der Waals surface area contributed by atoms with Gasteiger partial charge in [0.1, 0.15) is 5.69 Å². The molecule has 3 rings (SSSR count). The molecule has 2 atom stereocenters. The van der Waals surface area contributed by atoms with Crippen LogP contribution in [-0.4, -0.2) is 37.8 Å². The largest absolute Gasteiger partial charge is 0.312 e. The Morgan fingerprint density at radius 2 is 2.17 bits per heavy atom. The van der Waals surface area contributed by atoms with E-state index in [1.165, 1.54) is 12.8 Å². The first kappa shape index (κ1) is 16.4. The molecule has 2 N–H and O–H groups in total. The van der Waals surface area contributed by atoms with Gasteiger partial charge in [0.15, 0.2) is 0 Å². The molecule has 6 heteroatoms. The zero-order chi connectivity index (χ0) is 16.3. The Hall–Kier alpha value is -1.42. The Balaban J connectivity index is 1.66. The van der Waals surface area contributed by atoms with Crippen molar-refractivity contribution in [1.82, 2.24) is 15.0 Å². The maximum absolute atomic E-state index is 11.8. The minimum absolute atomic E-state index is 0.0667. The van der Waals surface area contributed by atoms with Crippen LogP contribution in [0.25, 0.3) is 0 Å². The fourth-order valence-corrected chi connectivity index (χ4v) is 3.64. The summed E-state index contributed by atoms with van der Waals surface area (Å²) in [7, 11) is -3.18. The summed E-state index contributed by atoms with van der Waals surface area (Å²) in [6.45, 7) is 2.48. The number of pyridine rings is 1. The first-order valence-corrected chi connectivity index (χ1v) is 9.92. The average Bonchev–Trinajstić information content (AvgIpc) is 3.28. The van der Waals surface area contributed by atoms with Gasteiger partial charge in [-0.2, -0.15) is 0 Å². The van der Waals surface area contributed by atoms with Crippen molar-refractivity contribution in [3.05, 3.63) is 29.6 Å². The van der Waals surface area contributed by atoms with E-state index in [1.54, 1.807) is 6.92 Å². The molecule has 2 aliphatic rings. The fraction of sp³-hybridized carbons (Fsp3) is 0.588. The number of aromatic nitrogens is 1. The number of hydrogen-bond donors (Lipinski definition) is 2. The summed E-state index contributed by atoms with van der Waals surface area (Å²) in [6.07, 6.45) is 3.93. The van der Waals surface area contributed by atoms with Crippen LogP contribution in [0.4, 0.5) is 0 Å². The maximum Gasteiger partial charge on any atom is 0.211 e. The molecule has 1 aliphatic heterocycles. The average molecular weight is 333 g/mol. The molecule has 2 heterocycles. The highest BCUT2D eigenvalue weighted by atomic mass is 32.2. The van der Waals surface area contributed by atoms with E-state index in [9.17, 15) is 8.42 Å². The Labute approximate surface area is 138 Å². The third-order valence-electron chi connectivity index (χ3n) is 4.28. The third kappa shape index (κ3) is 4.77. The van der Waals surface area contributed by atoms with E-state index in [0.29, 0.717) is 12.3 Å². The van der Waals surface area contributed by atoms with Gasteiger partial charge in [-0.05, 0) is 50.8 Å². The molecular weight excluding hydrogens is 310 g/mol. The van der Waals surface area contributed by atoms with Gasteiger partial charge in [0.05, 0.1) is 5.75 Å². The summed E-state index contributed by atoms with van der Waals surface area (Å²) in [6, 6.07) is 5.89. The minimum atomic E-state index is -3.18. The number of hydrogen-bond acceptors (Lipinski definition) is 4. The van der Waals surface area contributed by atoms with Crippen LogP contribution in [0, 0.1) is 17.8 Å². The van der Waals surface area contributed by atoms with Gasteiger partial charge < -0.3 is 5.32 Å². The van der Waals surface area contributed by atoms with Crippen molar-refractivity contribution >= 4 is 10.0 Å². The number of nitrogens with one attached hydrogen (secondary N) is 2. The molecule has 1 saturated carbocycles. The number of nitrogens with zero attached hydrogens (tertiary/aromatic N) is 1. The maximum atomic E-state index is 11.8. The number of sulfonamides is 1. The van der Waals surface area contributed by atoms with E-state index in [-0.39, 0.29) is 17.8 Å². The second-order valence-electron chi connectivity index (χ2n) is 6.24. The quantitative estimate of drug-likeness (QED) is 0.791. The molecule has 0 spiro atoms. The molecule has 1 aromatic heterocycles. The highest BCUT2D eigenvalue weighted by Gasteiger charge is 2.30. The lowest BCUT2D eigenvalue weighted by Gasteiger charge is -2.20. The minimum Gasteiger partial charge on any atom is -0.312 e. The van der Waals surface area contributed by atoms with Crippen molar-refractivity contribution < 1.29 is 8.42 Å². The molecule has 0 radical (unpaired) electrons. The van der Waals surface area contributed by atoms with Crippen molar-refractivity contribution in [3.63, 3.8) is 0 Å². The molecule has 1 saturated heterocycles. The predicted octanol–water partition coefficient (Wildman–Crippen LogP) is 1.06. The molecule has 0 bridgehead atoms. The van der Waals surface area contributed by atoms with Gasteiger partial charge in [-0.15, -0.1) is 0 Å². The van der Waals surface area contributed by atoms with Crippen molar-refractivity contribution in [1.29, 1.82) is 0 Å². The van der Waals surface area contributed by atoms with E-state index in [2.05, 4.69) is 26.9 Å². The predicted molar refractivity (Wildman–Crippen MR) is 90.3 cm³/mol. The Morgan fingerprint density at radius 1 is 1.35 bits per heavy atom. The van der Waals surface area contributed by atoms with E-state index < -0.39 is 10.0 Å². The highest BCUT2D eigenvalue weighted by molar-refractivity contribution is 7.89. The van der Waals surface area contributed by atoms with Crippen LogP contribution in [0.3, 0.4) is 0 Å². The zero-order valence-electron chi connectivity index (χ0n) is 13.4. The van der Waals surface area contributed by atoms with E-state index >= 15 is 0 Å². The van der Waals surface area contributed by atoms with Gasteiger partial charge in [-0.1, -0.05) is 12.0 Å². The molecular formula is C17H23N3O2S. The second kappa shape index (κ2) is 7.00. The fourth-order valence-electron chi connectivity index (χ4n) is 2.73. The summed E-state index contributed by atoms with van der Waals surface area (Å²) in [5, 5.41) is 3.38. The molecule has 2 fully saturated rings. The van der Waals surface area contributed by atoms with Crippen LogP contribution in [0.1, 0.15) is 37.6 Å². The molecule has 1 aromatic rings. The van der Waals surface area contributed by atoms with Crippen molar-refractivity contribution in [2.24, 2.45) is 5.92 Å². The molecule has 0 amide bonds. The third-order valence-corrected chi connectivity index (χ3v) is 5.70. The Kier molecular flexibility index (Phi) is 5.00. The van der Waals surface area contributed by atoms with Crippen LogP contribution >= 0.6 is 0 Å². The Morgan fingerprint density at radius 3 is 2.91 bits per heavy atom. The van der Waals surface area contributed by atoms with Gasteiger partial charge in [-0.3, -0.25) is 0 Å². The molecule has 1 aliphatic carbocycles. The number of rotatable bonds is 5. The van der Waals surface area contributed by atoms with Crippen LogP contribution in [0.5, 0.6) is 0 Å². The van der Waals surface area contributed by atoms with Gasteiger partial charge in [-0.25, -0.2) is 18.1 Å². The van der Waals surface area contributed by atoms with E-state index in [1.807, 2.05) is 18.2 Å². The molecule has 0 aromatic carbocycles. The molecule has 5 nitrogen and oxygen atoms in total. The molecule has 23 heavy (non-hydrogen) atoms. The molecule has 124 valence electrons. The van der Waals surface area contributed by atoms with Crippen LogP contribution in [-0.2, 0) is 16.4 Å². The van der Waals surface area contributed by atoms with Gasteiger partial charge in [0.2, 0.25) is 10.0 Å². The summed E-state index contributed by atoms with van der Waals surface area (Å²) >= 11 is 0. The normalized spacial score (nSPS) is 24.2. The Bertz CT molecular complexity index is 717. The van der Waals surface area contributed by atoms with E-state index in [0.717, 1.165) is 24.4 Å². The van der Waals surface area contributed by atoms with Crippen molar-refractivity contribution in [3.8, 4) is 11.8 Å². The lowest BCUT2D eigenvalue weighted by Crippen LogP contribution is -2.45. The second-order valence-corrected chi connectivity index (χ2v) is 8.28. The van der Waals surface area contributed by atoms with E-state index in [4.69, 9.17) is 0 Å². The standard InChI is InChI=1S/C17H23N3O2S/c1-2-23(21,22)20-16-10-11-18-17(16)12-15-5-3-4-14(19-15)9-8-13-6-7-13/h3-5,13,16-18,20H,2,6-7,10-12H2,1H3. The molecule has 2 unspecified atom stereocenters. The van der Waals surface area contributed by atoms with Crippen LogP contribution in [0.2, 0.25) is 0 Å². The van der Waals surface area contributed by atoms with Crippen molar-refractivity contribution in [2.75, 3.05) is 12.3 Å². The summed E-state index contributed by atoms with van der Waals surface area (Å²) in [4.78, 5) is 4.60. The first-order valence-electron chi connectivity index (χ1n) is 8.26. The van der Waals surface area contributed by atoms with Gasteiger partial charge in [0.25, 0.3) is 0 Å². The zero-order valence-corrected chi connectivity index (χ0v) is 14.2. The lowest BCUT2D eigenvalue weighted by molar-refractivity contribution is 0.489. The smallest absolute Gasteiger partial charge is 0.211 e. The first-order chi connectivity index (χ1) is 11.1. The van der Waals surface area contributed by atoms with Gasteiger partial charge >= 0.3 is 0 Å². The van der Waals surface area contributed by atoms with Crippen molar-refractivity contribution in [2.45, 2.75) is 44.7 Å².